The molecule has 1 aliphatic rings. The van der Waals surface area contributed by atoms with Crippen molar-refractivity contribution in [3.05, 3.63) is 29.3 Å². The number of nitrogens with zero attached hydrogens (tertiary/aromatic N) is 2. The van der Waals surface area contributed by atoms with Gasteiger partial charge >= 0.3 is 0 Å². The van der Waals surface area contributed by atoms with E-state index in [1.807, 2.05) is 23.9 Å². The lowest BCUT2D eigenvalue weighted by Crippen LogP contribution is -2.38. The lowest BCUT2D eigenvalue weighted by molar-refractivity contribution is 0.370. The third kappa shape index (κ3) is 3.07. The molecule has 1 aromatic rings. The molecular formula is C14H19F2N3S. The smallest absolute Gasteiger partial charge is 0.150 e. The minimum atomic E-state index is -0.599. The summed E-state index contributed by atoms with van der Waals surface area (Å²) in [7, 11) is 3.92. The molecule has 6 heteroatoms. The van der Waals surface area contributed by atoms with Gasteiger partial charge < -0.3 is 15.5 Å². The van der Waals surface area contributed by atoms with Crippen molar-refractivity contribution in [2.24, 2.45) is 5.73 Å². The molecule has 1 fully saturated rings. The Balaban J connectivity index is 2.34. The lowest BCUT2D eigenvalue weighted by Gasteiger charge is -2.29. The van der Waals surface area contributed by atoms with E-state index < -0.39 is 11.6 Å². The molecule has 1 unspecified atom stereocenters. The Bertz CT molecular complexity index is 496. The third-order valence-corrected chi connectivity index (χ3v) is 3.78. The van der Waals surface area contributed by atoms with Crippen molar-refractivity contribution < 1.29 is 8.78 Å². The van der Waals surface area contributed by atoms with Crippen LogP contribution in [0, 0.1) is 11.6 Å². The number of nitrogens with two attached hydrogens (primary N) is 1. The van der Waals surface area contributed by atoms with E-state index in [1.165, 1.54) is 12.1 Å². The van der Waals surface area contributed by atoms with Crippen LogP contribution in [0.3, 0.4) is 0 Å². The zero-order chi connectivity index (χ0) is 14.9. The summed E-state index contributed by atoms with van der Waals surface area (Å²) < 4.78 is 28.4. The van der Waals surface area contributed by atoms with E-state index in [-0.39, 0.29) is 22.3 Å². The minimum Gasteiger partial charge on any atom is -0.389 e. The number of rotatable bonds is 4. The first-order valence-corrected chi connectivity index (χ1v) is 7.01. The van der Waals surface area contributed by atoms with E-state index in [0.717, 1.165) is 19.4 Å². The number of likely N-dealkylation sites (N-methyl/N-ethyl adjacent to an activating group) is 1. The van der Waals surface area contributed by atoms with Crippen molar-refractivity contribution in [2.75, 3.05) is 32.1 Å². The molecule has 0 spiro atoms. The number of benzene rings is 1. The van der Waals surface area contributed by atoms with Crippen molar-refractivity contribution in [1.29, 1.82) is 0 Å². The van der Waals surface area contributed by atoms with E-state index in [9.17, 15) is 8.78 Å². The first-order chi connectivity index (χ1) is 9.40. The maximum Gasteiger partial charge on any atom is 0.150 e. The molecule has 0 aromatic heterocycles. The van der Waals surface area contributed by atoms with Crippen LogP contribution in [0.5, 0.6) is 0 Å². The van der Waals surface area contributed by atoms with E-state index in [0.29, 0.717) is 6.54 Å². The zero-order valence-corrected chi connectivity index (χ0v) is 12.5. The molecule has 0 aliphatic carbocycles. The summed E-state index contributed by atoms with van der Waals surface area (Å²) in [6.07, 6.45) is 1.88. The molecular weight excluding hydrogens is 280 g/mol. The highest BCUT2D eigenvalue weighted by atomic mass is 32.1. The van der Waals surface area contributed by atoms with E-state index in [1.54, 1.807) is 0 Å². The van der Waals surface area contributed by atoms with Crippen molar-refractivity contribution in [2.45, 2.75) is 18.9 Å². The zero-order valence-electron chi connectivity index (χ0n) is 11.7. The Morgan fingerprint density at radius 3 is 2.50 bits per heavy atom. The largest absolute Gasteiger partial charge is 0.389 e. The first-order valence-electron chi connectivity index (χ1n) is 6.60. The fourth-order valence-corrected chi connectivity index (χ4v) is 2.84. The average Bonchev–Trinajstić information content (AvgIpc) is 2.75. The molecule has 1 aliphatic heterocycles. The van der Waals surface area contributed by atoms with Crippen LogP contribution in [0.2, 0.25) is 0 Å². The van der Waals surface area contributed by atoms with E-state index in [2.05, 4.69) is 0 Å². The highest BCUT2D eigenvalue weighted by Gasteiger charge is 2.29. The number of anilines is 1. The van der Waals surface area contributed by atoms with Gasteiger partial charge in [0.25, 0.3) is 0 Å². The lowest BCUT2D eigenvalue weighted by atomic mass is 10.1. The summed E-state index contributed by atoms with van der Waals surface area (Å²) in [5.41, 5.74) is 5.69. The molecule has 0 saturated carbocycles. The van der Waals surface area contributed by atoms with Gasteiger partial charge in [0.1, 0.15) is 22.3 Å². The molecule has 1 saturated heterocycles. The highest BCUT2D eigenvalue weighted by Crippen LogP contribution is 2.31. The molecule has 2 N–H and O–H groups in total. The Kier molecular flexibility index (Phi) is 4.55. The van der Waals surface area contributed by atoms with E-state index >= 15 is 0 Å². The van der Waals surface area contributed by atoms with Gasteiger partial charge in [0.05, 0.1) is 0 Å². The standard InChI is InChI=1S/C14H19F2N3S/c1-18(2)8-10-4-3-5-19(10)13-11(15)6-9(14(17)20)7-12(13)16/h6-7,10H,3-5,8H2,1-2H3,(H2,17,20). The molecule has 1 atom stereocenters. The van der Waals surface area contributed by atoms with Crippen LogP contribution in [0.25, 0.3) is 0 Å². The Labute approximate surface area is 123 Å². The fraction of sp³-hybridized carbons (Fsp3) is 0.500. The second kappa shape index (κ2) is 6.01. The predicted octanol–water partition coefficient (Wildman–Crippen LogP) is 2.13. The van der Waals surface area contributed by atoms with Crippen LogP contribution in [0.4, 0.5) is 14.5 Å². The Hall–Kier alpha value is -1.27. The normalized spacial score (nSPS) is 18.9. The van der Waals surface area contributed by atoms with Crippen LogP contribution in [0.15, 0.2) is 12.1 Å². The quantitative estimate of drug-likeness (QED) is 0.863. The number of thiocarbonyl (C=S) groups is 1. The van der Waals surface area contributed by atoms with Crippen LogP contribution >= 0.6 is 12.2 Å². The predicted molar refractivity (Wildman–Crippen MR) is 81.2 cm³/mol. The van der Waals surface area contributed by atoms with Gasteiger partial charge in [-0.3, -0.25) is 0 Å². The van der Waals surface area contributed by atoms with Crippen molar-refractivity contribution in [3.8, 4) is 0 Å². The van der Waals surface area contributed by atoms with Crippen molar-refractivity contribution in [3.63, 3.8) is 0 Å². The van der Waals surface area contributed by atoms with E-state index in [4.69, 9.17) is 18.0 Å². The number of hydrogen-bond acceptors (Lipinski definition) is 3. The van der Waals surface area contributed by atoms with Gasteiger partial charge in [-0.15, -0.1) is 0 Å². The third-order valence-electron chi connectivity index (χ3n) is 3.54. The molecule has 110 valence electrons. The molecule has 0 bridgehead atoms. The molecule has 1 aromatic carbocycles. The summed E-state index contributed by atoms with van der Waals surface area (Å²) in [6.45, 7) is 1.44. The molecule has 0 radical (unpaired) electrons. The Morgan fingerprint density at radius 2 is 2.00 bits per heavy atom. The summed E-state index contributed by atoms with van der Waals surface area (Å²) in [5.74, 6) is -1.20. The molecule has 2 rings (SSSR count). The average molecular weight is 299 g/mol. The van der Waals surface area contributed by atoms with Gasteiger partial charge in [-0.25, -0.2) is 8.78 Å². The highest BCUT2D eigenvalue weighted by molar-refractivity contribution is 7.80. The van der Waals surface area contributed by atoms with Crippen molar-refractivity contribution >= 4 is 22.9 Å². The molecule has 3 nitrogen and oxygen atoms in total. The SMILES string of the molecule is CN(C)CC1CCCN1c1c(F)cc(C(N)=S)cc1F. The van der Waals surface area contributed by atoms with Crippen LogP contribution in [0.1, 0.15) is 18.4 Å². The van der Waals surface area contributed by atoms with Crippen LogP contribution < -0.4 is 10.6 Å². The van der Waals surface area contributed by atoms with Gasteiger partial charge in [-0.2, -0.15) is 0 Å². The molecule has 1 heterocycles. The minimum absolute atomic E-state index is 0.000568. The summed E-state index contributed by atoms with van der Waals surface area (Å²) in [4.78, 5) is 3.84. The maximum absolute atomic E-state index is 14.2. The first kappa shape index (κ1) is 15.1. The summed E-state index contributed by atoms with van der Waals surface area (Å²) >= 11 is 4.76. The van der Waals surface area contributed by atoms with Crippen molar-refractivity contribution in [1.82, 2.24) is 4.90 Å². The van der Waals surface area contributed by atoms with Gasteiger partial charge in [-0.05, 0) is 39.1 Å². The topological polar surface area (TPSA) is 32.5 Å². The van der Waals surface area contributed by atoms with Gasteiger partial charge in [-0.1, -0.05) is 12.2 Å². The molecule has 0 amide bonds. The van der Waals surface area contributed by atoms with Gasteiger partial charge in [0.15, 0.2) is 0 Å². The Morgan fingerprint density at radius 1 is 1.40 bits per heavy atom. The fourth-order valence-electron chi connectivity index (χ4n) is 2.72. The monoisotopic (exact) mass is 299 g/mol. The van der Waals surface area contributed by atoms with Gasteiger partial charge in [0.2, 0.25) is 0 Å². The molecule has 20 heavy (non-hydrogen) atoms. The number of hydrogen-bond donors (Lipinski definition) is 1. The van der Waals surface area contributed by atoms with Gasteiger partial charge in [0, 0.05) is 24.7 Å². The second-order valence-electron chi connectivity index (χ2n) is 5.40. The maximum atomic E-state index is 14.2. The van der Waals surface area contributed by atoms with Crippen LogP contribution in [-0.4, -0.2) is 43.1 Å². The second-order valence-corrected chi connectivity index (χ2v) is 5.84. The summed E-state index contributed by atoms with van der Waals surface area (Å²) in [5, 5.41) is 0. The van der Waals surface area contributed by atoms with Crippen LogP contribution in [-0.2, 0) is 0 Å². The number of halogens is 2. The summed E-state index contributed by atoms with van der Waals surface area (Å²) in [6, 6.07) is 2.56.